The van der Waals surface area contributed by atoms with Crippen molar-refractivity contribution in [2.45, 2.75) is 32.2 Å². The molecule has 0 saturated carbocycles. The van der Waals surface area contributed by atoms with Crippen LogP contribution in [-0.4, -0.2) is 18.5 Å². The Morgan fingerprint density at radius 3 is 2.50 bits per heavy atom. The van der Waals surface area contributed by atoms with E-state index in [0.717, 1.165) is 0 Å². The Morgan fingerprint density at radius 2 is 1.86 bits per heavy atom. The third-order valence-corrected chi connectivity index (χ3v) is 3.23. The average Bonchev–Trinajstić information content (AvgIpc) is 2.20. The number of piperidine rings is 1. The monoisotopic (exact) mass is 189 g/mol. The van der Waals surface area contributed by atoms with E-state index in [9.17, 15) is 0 Å². The van der Waals surface area contributed by atoms with E-state index in [0.29, 0.717) is 6.04 Å². The van der Waals surface area contributed by atoms with Gasteiger partial charge in [0.25, 0.3) is 0 Å². The molecule has 1 fully saturated rings. The van der Waals surface area contributed by atoms with Crippen molar-refractivity contribution in [3.8, 4) is 0 Å². The van der Waals surface area contributed by atoms with Crippen molar-refractivity contribution >= 4 is 0 Å². The molecule has 0 aromatic heterocycles. The highest BCUT2D eigenvalue weighted by molar-refractivity contribution is 5.24. The van der Waals surface area contributed by atoms with Gasteiger partial charge in [0, 0.05) is 6.04 Å². The lowest BCUT2D eigenvalue weighted by atomic mass is 9.95. The smallest absolute Gasteiger partial charge is 0.0345 e. The molecule has 1 saturated heterocycles. The van der Waals surface area contributed by atoms with Gasteiger partial charge in [0.15, 0.2) is 0 Å². The van der Waals surface area contributed by atoms with Crippen LogP contribution in [0.3, 0.4) is 0 Å². The standard InChI is InChI=1S/C13H19N/c1-11-6-8-12(9-7-11)13-5-3-4-10-14(13)2/h6-9,13H,3-5,10H2,1-2H3. The molecule has 1 nitrogen and oxygen atoms in total. The molecule has 2 rings (SSSR count). The zero-order valence-electron chi connectivity index (χ0n) is 9.16. The van der Waals surface area contributed by atoms with Gasteiger partial charge in [-0.2, -0.15) is 0 Å². The van der Waals surface area contributed by atoms with Crippen LogP contribution in [0.4, 0.5) is 0 Å². The van der Waals surface area contributed by atoms with E-state index in [2.05, 4.69) is 43.1 Å². The maximum absolute atomic E-state index is 2.48. The van der Waals surface area contributed by atoms with Crippen LogP contribution in [0.2, 0.25) is 0 Å². The lowest BCUT2D eigenvalue weighted by Gasteiger charge is -2.32. The van der Waals surface area contributed by atoms with Crippen molar-refractivity contribution in [1.82, 2.24) is 4.90 Å². The summed E-state index contributed by atoms with van der Waals surface area (Å²) in [5, 5.41) is 0. The first-order chi connectivity index (χ1) is 6.77. The number of aryl methyl sites for hydroxylation is 1. The molecule has 76 valence electrons. The van der Waals surface area contributed by atoms with Crippen LogP contribution in [0.5, 0.6) is 0 Å². The molecule has 1 unspecified atom stereocenters. The van der Waals surface area contributed by atoms with Gasteiger partial charge < -0.3 is 0 Å². The quantitative estimate of drug-likeness (QED) is 0.656. The van der Waals surface area contributed by atoms with Crippen molar-refractivity contribution in [2.75, 3.05) is 13.6 Å². The molecule has 0 N–H and O–H groups in total. The molecule has 1 aliphatic rings. The number of hydrogen-bond acceptors (Lipinski definition) is 1. The molecule has 14 heavy (non-hydrogen) atoms. The minimum absolute atomic E-state index is 0.657. The van der Waals surface area contributed by atoms with Crippen molar-refractivity contribution in [3.05, 3.63) is 35.4 Å². The summed E-state index contributed by atoms with van der Waals surface area (Å²) < 4.78 is 0. The Bertz CT molecular complexity index is 289. The topological polar surface area (TPSA) is 3.24 Å². The van der Waals surface area contributed by atoms with Gasteiger partial charge in [-0.15, -0.1) is 0 Å². The molecule has 0 amide bonds. The zero-order valence-corrected chi connectivity index (χ0v) is 9.16. The molecule has 1 atom stereocenters. The van der Waals surface area contributed by atoms with Gasteiger partial charge in [-0.05, 0) is 38.9 Å². The third-order valence-electron chi connectivity index (χ3n) is 3.23. The van der Waals surface area contributed by atoms with Gasteiger partial charge in [0.1, 0.15) is 0 Å². The lowest BCUT2D eigenvalue weighted by Crippen LogP contribution is -2.29. The molecule has 1 aliphatic heterocycles. The second-order valence-corrected chi connectivity index (χ2v) is 4.40. The maximum atomic E-state index is 2.48. The van der Waals surface area contributed by atoms with E-state index in [1.165, 1.54) is 36.9 Å². The first kappa shape index (κ1) is 9.72. The molecule has 0 aliphatic carbocycles. The van der Waals surface area contributed by atoms with Crippen molar-refractivity contribution in [1.29, 1.82) is 0 Å². The predicted molar refractivity (Wildman–Crippen MR) is 60.4 cm³/mol. The summed E-state index contributed by atoms with van der Waals surface area (Å²) in [5.74, 6) is 0. The summed E-state index contributed by atoms with van der Waals surface area (Å²) in [5.41, 5.74) is 2.84. The Morgan fingerprint density at radius 1 is 1.14 bits per heavy atom. The van der Waals surface area contributed by atoms with Crippen LogP contribution in [0.25, 0.3) is 0 Å². The largest absolute Gasteiger partial charge is 0.299 e. The second kappa shape index (κ2) is 4.14. The lowest BCUT2D eigenvalue weighted by molar-refractivity contribution is 0.187. The second-order valence-electron chi connectivity index (χ2n) is 4.40. The van der Waals surface area contributed by atoms with Gasteiger partial charge in [0.05, 0.1) is 0 Å². The summed E-state index contributed by atoms with van der Waals surface area (Å²) >= 11 is 0. The molecule has 0 radical (unpaired) electrons. The molecule has 0 bridgehead atoms. The van der Waals surface area contributed by atoms with Crippen molar-refractivity contribution < 1.29 is 0 Å². The Balaban J connectivity index is 2.16. The molecule has 1 heteroatoms. The molecular weight excluding hydrogens is 170 g/mol. The van der Waals surface area contributed by atoms with Crippen LogP contribution in [0.1, 0.15) is 36.4 Å². The van der Waals surface area contributed by atoms with Crippen LogP contribution < -0.4 is 0 Å². The summed E-state index contributed by atoms with van der Waals surface area (Å²) in [6, 6.07) is 9.66. The predicted octanol–water partition coefficient (Wildman–Crippen LogP) is 3.15. The van der Waals surface area contributed by atoms with Gasteiger partial charge in [0.2, 0.25) is 0 Å². The maximum Gasteiger partial charge on any atom is 0.0345 e. The van der Waals surface area contributed by atoms with E-state index >= 15 is 0 Å². The normalized spacial score (nSPS) is 23.7. The highest BCUT2D eigenvalue weighted by Gasteiger charge is 2.19. The van der Waals surface area contributed by atoms with E-state index in [-0.39, 0.29) is 0 Å². The van der Waals surface area contributed by atoms with Gasteiger partial charge >= 0.3 is 0 Å². The fourth-order valence-corrected chi connectivity index (χ4v) is 2.28. The van der Waals surface area contributed by atoms with E-state index < -0.39 is 0 Å². The minimum atomic E-state index is 0.657. The van der Waals surface area contributed by atoms with Gasteiger partial charge in [-0.1, -0.05) is 36.2 Å². The Labute approximate surface area is 86.7 Å². The Hall–Kier alpha value is -0.820. The van der Waals surface area contributed by atoms with Crippen LogP contribution in [0, 0.1) is 6.92 Å². The number of benzene rings is 1. The van der Waals surface area contributed by atoms with Crippen LogP contribution in [-0.2, 0) is 0 Å². The van der Waals surface area contributed by atoms with Crippen LogP contribution in [0.15, 0.2) is 24.3 Å². The minimum Gasteiger partial charge on any atom is -0.299 e. The fraction of sp³-hybridized carbons (Fsp3) is 0.538. The molecular formula is C13H19N. The van der Waals surface area contributed by atoms with Gasteiger partial charge in [-0.25, -0.2) is 0 Å². The number of hydrogen-bond donors (Lipinski definition) is 0. The fourth-order valence-electron chi connectivity index (χ4n) is 2.28. The SMILES string of the molecule is Cc1ccc(C2CCCCN2C)cc1. The zero-order chi connectivity index (χ0) is 9.97. The summed E-state index contributed by atoms with van der Waals surface area (Å²) in [4.78, 5) is 2.48. The highest BCUT2D eigenvalue weighted by Crippen LogP contribution is 2.29. The summed E-state index contributed by atoms with van der Waals surface area (Å²) in [6.45, 7) is 3.40. The first-order valence-corrected chi connectivity index (χ1v) is 5.54. The Kier molecular flexibility index (Phi) is 2.87. The summed E-state index contributed by atoms with van der Waals surface area (Å²) in [6.07, 6.45) is 4.06. The van der Waals surface area contributed by atoms with E-state index in [1.807, 2.05) is 0 Å². The number of rotatable bonds is 1. The number of nitrogens with zero attached hydrogens (tertiary/aromatic N) is 1. The molecule has 0 spiro atoms. The third kappa shape index (κ3) is 1.98. The molecule has 1 aromatic rings. The van der Waals surface area contributed by atoms with Gasteiger partial charge in [-0.3, -0.25) is 4.90 Å². The first-order valence-electron chi connectivity index (χ1n) is 5.54. The highest BCUT2D eigenvalue weighted by atomic mass is 15.1. The summed E-state index contributed by atoms with van der Waals surface area (Å²) in [7, 11) is 2.24. The van der Waals surface area contributed by atoms with Crippen molar-refractivity contribution in [3.63, 3.8) is 0 Å². The van der Waals surface area contributed by atoms with E-state index in [4.69, 9.17) is 0 Å². The van der Waals surface area contributed by atoms with Crippen LogP contribution >= 0.6 is 0 Å². The average molecular weight is 189 g/mol. The number of likely N-dealkylation sites (tertiary alicyclic amines) is 1. The molecule has 1 aromatic carbocycles. The molecule has 1 heterocycles. The van der Waals surface area contributed by atoms with E-state index in [1.54, 1.807) is 0 Å². The van der Waals surface area contributed by atoms with Crippen molar-refractivity contribution in [2.24, 2.45) is 0 Å².